The fraction of sp³-hybridized carbons (Fsp3) is 0.438. The summed E-state index contributed by atoms with van der Waals surface area (Å²) in [6.07, 6.45) is 1.53. The van der Waals surface area contributed by atoms with Crippen LogP contribution in [0.1, 0.15) is 31.9 Å². The molecule has 0 heterocycles. The lowest BCUT2D eigenvalue weighted by atomic mass is 9.86. The van der Waals surface area contributed by atoms with Crippen LogP contribution < -0.4 is 5.73 Å². The van der Waals surface area contributed by atoms with Crippen molar-refractivity contribution in [3.63, 3.8) is 0 Å². The zero-order chi connectivity index (χ0) is 17.0. The number of thiocarbonyl (C=S) groups is 1. The first-order valence-electron chi connectivity index (χ1n) is 7.02. The Kier molecular flexibility index (Phi) is 6.28. The minimum Gasteiger partial charge on any atom is -0.392 e. The molecule has 0 aliphatic rings. The van der Waals surface area contributed by atoms with Crippen molar-refractivity contribution in [2.24, 2.45) is 5.73 Å². The summed E-state index contributed by atoms with van der Waals surface area (Å²) in [7, 11) is -3.50. The van der Waals surface area contributed by atoms with E-state index in [0.717, 1.165) is 11.1 Å². The van der Waals surface area contributed by atoms with E-state index >= 15 is 0 Å². The van der Waals surface area contributed by atoms with Crippen LogP contribution in [0.15, 0.2) is 36.9 Å². The maximum absolute atomic E-state index is 12.5. The standard InChI is InChI=1S/C16H24N2O2S2/c1-5-9-18(11-15(17)21)22(19,20)12-13-7-6-8-14(10-13)16(2,3)4/h5-8,10H,1,9,11-12H2,2-4H3,(H2,17,21). The average molecular weight is 341 g/mol. The molecule has 122 valence electrons. The third kappa shape index (κ3) is 5.51. The molecule has 1 rings (SSSR count). The van der Waals surface area contributed by atoms with Crippen molar-refractivity contribution < 1.29 is 8.42 Å². The van der Waals surface area contributed by atoms with Gasteiger partial charge >= 0.3 is 0 Å². The highest BCUT2D eigenvalue weighted by Gasteiger charge is 2.23. The molecule has 0 fully saturated rings. The Morgan fingerprint density at radius 3 is 2.55 bits per heavy atom. The number of nitrogens with two attached hydrogens (primary N) is 1. The molecule has 6 heteroatoms. The highest BCUT2D eigenvalue weighted by atomic mass is 32.2. The Hall–Kier alpha value is -1.24. The molecule has 1 aromatic carbocycles. The van der Waals surface area contributed by atoms with E-state index in [2.05, 4.69) is 27.4 Å². The van der Waals surface area contributed by atoms with Gasteiger partial charge in [0.05, 0.1) is 17.3 Å². The van der Waals surface area contributed by atoms with Crippen molar-refractivity contribution in [2.75, 3.05) is 13.1 Å². The van der Waals surface area contributed by atoms with Crippen LogP contribution >= 0.6 is 12.2 Å². The Morgan fingerprint density at radius 1 is 1.41 bits per heavy atom. The lowest BCUT2D eigenvalue weighted by Crippen LogP contribution is -2.38. The molecular weight excluding hydrogens is 316 g/mol. The summed E-state index contributed by atoms with van der Waals surface area (Å²) < 4.78 is 26.4. The van der Waals surface area contributed by atoms with Gasteiger partial charge in [0.2, 0.25) is 10.0 Å². The lowest BCUT2D eigenvalue weighted by Gasteiger charge is -2.22. The van der Waals surface area contributed by atoms with E-state index in [1.54, 1.807) is 0 Å². The molecule has 2 N–H and O–H groups in total. The SMILES string of the molecule is C=CCN(CC(N)=S)S(=O)(=O)Cc1cccc(C(C)(C)C)c1. The molecule has 0 radical (unpaired) electrons. The predicted octanol–water partition coefficient (Wildman–Crippen LogP) is 2.59. The van der Waals surface area contributed by atoms with E-state index < -0.39 is 10.0 Å². The van der Waals surface area contributed by atoms with Gasteiger partial charge in [-0.05, 0) is 16.5 Å². The molecule has 0 unspecified atom stereocenters. The molecule has 0 aliphatic heterocycles. The summed E-state index contributed by atoms with van der Waals surface area (Å²) in [5.74, 6) is -0.0760. The Bertz CT molecular complexity index is 646. The highest BCUT2D eigenvalue weighted by Crippen LogP contribution is 2.24. The van der Waals surface area contributed by atoms with E-state index in [-0.39, 0.29) is 29.2 Å². The fourth-order valence-electron chi connectivity index (χ4n) is 2.02. The topological polar surface area (TPSA) is 63.4 Å². The monoisotopic (exact) mass is 340 g/mol. The van der Waals surface area contributed by atoms with Crippen molar-refractivity contribution in [2.45, 2.75) is 31.9 Å². The average Bonchev–Trinajstić information content (AvgIpc) is 2.36. The first kappa shape index (κ1) is 18.8. The number of hydrogen-bond donors (Lipinski definition) is 1. The molecule has 1 aromatic rings. The van der Waals surface area contributed by atoms with Gasteiger partial charge < -0.3 is 5.73 Å². The first-order chi connectivity index (χ1) is 10.1. The van der Waals surface area contributed by atoms with E-state index in [0.29, 0.717) is 0 Å². The van der Waals surface area contributed by atoms with Crippen molar-refractivity contribution in [3.05, 3.63) is 48.0 Å². The minimum atomic E-state index is -3.50. The number of benzene rings is 1. The van der Waals surface area contributed by atoms with Crippen molar-refractivity contribution in [1.82, 2.24) is 4.31 Å². The summed E-state index contributed by atoms with van der Waals surface area (Å²) in [6.45, 7) is 10.1. The largest absolute Gasteiger partial charge is 0.392 e. The number of sulfonamides is 1. The summed E-state index contributed by atoms with van der Waals surface area (Å²) in [4.78, 5) is 0.147. The van der Waals surface area contributed by atoms with Crippen LogP contribution in [0.2, 0.25) is 0 Å². The number of nitrogens with zero attached hydrogens (tertiary/aromatic N) is 1. The summed E-state index contributed by atoms with van der Waals surface area (Å²) >= 11 is 4.83. The van der Waals surface area contributed by atoms with Gasteiger partial charge in [-0.3, -0.25) is 0 Å². The normalized spacial score (nSPS) is 12.4. The number of rotatable bonds is 7. The molecule has 0 aromatic heterocycles. The van der Waals surface area contributed by atoms with Crippen LogP contribution in [-0.4, -0.2) is 30.8 Å². The Balaban J connectivity index is 3.05. The van der Waals surface area contributed by atoms with Gasteiger partial charge in [0, 0.05) is 6.54 Å². The van der Waals surface area contributed by atoms with Crippen molar-refractivity contribution in [3.8, 4) is 0 Å². The Morgan fingerprint density at radius 2 is 2.05 bits per heavy atom. The van der Waals surface area contributed by atoms with Gasteiger partial charge in [-0.15, -0.1) is 6.58 Å². The molecule has 0 amide bonds. The summed E-state index contributed by atoms with van der Waals surface area (Å²) in [5.41, 5.74) is 7.31. The molecule has 0 spiro atoms. The predicted molar refractivity (Wildman–Crippen MR) is 96.3 cm³/mol. The van der Waals surface area contributed by atoms with Crippen molar-refractivity contribution >= 4 is 27.2 Å². The third-order valence-electron chi connectivity index (χ3n) is 3.20. The van der Waals surface area contributed by atoms with Crippen LogP contribution in [0, 0.1) is 0 Å². The smallest absolute Gasteiger partial charge is 0.218 e. The van der Waals surface area contributed by atoms with Crippen molar-refractivity contribution in [1.29, 1.82) is 0 Å². The minimum absolute atomic E-state index is 0.0284. The molecule has 0 atom stereocenters. The van der Waals surface area contributed by atoms with Gasteiger partial charge in [-0.25, -0.2) is 8.42 Å². The molecule has 0 saturated carbocycles. The van der Waals surface area contributed by atoms with E-state index in [9.17, 15) is 8.42 Å². The molecule has 0 saturated heterocycles. The van der Waals surface area contributed by atoms with Gasteiger partial charge in [0.25, 0.3) is 0 Å². The highest BCUT2D eigenvalue weighted by molar-refractivity contribution is 7.88. The number of hydrogen-bond acceptors (Lipinski definition) is 3. The molecule has 0 bridgehead atoms. The summed E-state index contributed by atoms with van der Waals surface area (Å²) in [6, 6.07) is 7.65. The second kappa shape index (κ2) is 7.35. The maximum Gasteiger partial charge on any atom is 0.218 e. The van der Waals surface area contributed by atoms with Gasteiger partial charge in [0.1, 0.15) is 0 Å². The van der Waals surface area contributed by atoms with Crippen LogP contribution in [-0.2, 0) is 21.2 Å². The maximum atomic E-state index is 12.5. The van der Waals surface area contributed by atoms with Crippen LogP contribution in [0.4, 0.5) is 0 Å². The zero-order valence-electron chi connectivity index (χ0n) is 13.4. The van der Waals surface area contributed by atoms with Crippen LogP contribution in [0.5, 0.6) is 0 Å². The van der Waals surface area contributed by atoms with E-state index in [1.807, 2.05) is 24.3 Å². The molecule has 22 heavy (non-hydrogen) atoms. The van der Waals surface area contributed by atoms with E-state index in [4.69, 9.17) is 18.0 Å². The molecular formula is C16H24N2O2S2. The molecule has 0 aliphatic carbocycles. The van der Waals surface area contributed by atoms with Gasteiger partial charge in [-0.2, -0.15) is 4.31 Å². The Labute approximate surface area is 139 Å². The van der Waals surface area contributed by atoms with E-state index in [1.165, 1.54) is 10.4 Å². The third-order valence-corrected chi connectivity index (χ3v) is 5.09. The van der Waals surface area contributed by atoms with Crippen LogP contribution in [0.25, 0.3) is 0 Å². The summed E-state index contributed by atoms with van der Waals surface area (Å²) in [5, 5.41) is 0. The lowest BCUT2D eigenvalue weighted by molar-refractivity contribution is 0.481. The second-order valence-corrected chi connectivity index (χ2v) is 8.75. The van der Waals surface area contributed by atoms with Crippen LogP contribution in [0.3, 0.4) is 0 Å². The zero-order valence-corrected chi connectivity index (χ0v) is 15.0. The molecule has 4 nitrogen and oxygen atoms in total. The second-order valence-electron chi connectivity index (χ2n) is 6.25. The van der Waals surface area contributed by atoms with Gasteiger partial charge in [0.15, 0.2) is 0 Å². The van der Waals surface area contributed by atoms with Gasteiger partial charge in [-0.1, -0.05) is 63.3 Å². The first-order valence-corrected chi connectivity index (χ1v) is 9.04. The fourth-order valence-corrected chi connectivity index (χ4v) is 3.71. The quantitative estimate of drug-likeness (QED) is 0.612.